The third-order valence-corrected chi connectivity index (χ3v) is 4.14. The van der Waals surface area contributed by atoms with Crippen LogP contribution < -0.4 is 5.32 Å². The van der Waals surface area contributed by atoms with Gasteiger partial charge in [-0.2, -0.15) is 0 Å². The molecule has 1 N–H and O–H groups in total. The maximum atomic E-state index is 3.52. The van der Waals surface area contributed by atoms with Crippen molar-refractivity contribution in [3.63, 3.8) is 0 Å². The van der Waals surface area contributed by atoms with Gasteiger partial charge in [-0.05, 0) is 71.9 Å². The van der Waals surface area contributed by atoms with Gasteiger partial charge in [0.05, 0.1) is 0 Å². The molecule has 0 aromatic carbocycles. The highest BCUT2D eigenvalue weighted by Crippen LogP contribution is 2.13. The fraction of sp³-hybridized carbons (Fsp3) is 1.00. The molecule has 1 aliphatic heterocycles. The van der Waals surface area contributed by atoms with E-state index in [9.17, 15) is 0 Å². The van der Waals surface area contributed by atoms with Crippen molar-refractivity contribution in [2.75, 3.05) is 46.8 Å². The number of piperidine rings is 1. The molecular formula is C16H35N3. The normalized spacial score (nSPS) is 21.5. The third kappa shape index (κ3) is 7.91. The van der Waals surface area contributed by atoms with Gasteiger partial charge in [0.1, 0.15) is 0 Å². The zero-order valence-corrected chi connectivity index (χ0v) is 13.6. The Hall–Kier alpha value is -0.120. The lowest BCUT2D eigenvalue weighted by Gasteiger charge is -2.35. The van der Waals surface area contributed by atoms with Crippen LogP contribution in [0.3, 0.4) is 0 Å². The van der Waals surface area contributed by atoms with Crippen molar-refractivity contribution in [2.45, 2.75) is 52.0 Å². The SMILES string of the molecule is CC(C)CNCCCCCN(C)C1CCCN(C)C1. The van der Waals surface area contributed by atoms with Gasteiger partial charge >= 0.3 is 0 Å². The van der Waals surface area contributed by atoms with Crippen LogP contribution in [0.1, 0.15) is 46.0 Å². The molecule has 0 spiro atoms. The van der Waals surface area contributed by atoms with Crippen LogP contribution in [0.25, 0.3) is 0 Å². The average Bonchev–Trinajstić information content (AvgIpc) is 2.37. The Morgan fingerprint density at radius 3 is 2.74 bits per heavy atom. The van der Waals surface area contributed by atoms with Crippen LogP contribution in [0.15, 0.2) is 0 Å². The molecular weight excluding hydrogens is 234 g/mol. The summed E-state index contributed by atoms with van der Waals surface area (Å²) < 4.78 is 0. The Morgan fingerprint density at radius 2 is 2.05 bits per heavy atom. The first-order valence-corrected chi connectivity index (χ1v) is 8.19. The van der Waals surface area contributed by atoms with Gasteiger partial charge < -0.3 is 15.1 Å². The van der Waals surface area contributed by atoms with Gasteiger partial charge in [0.15, 0.2) is 0 Å². The Morgan fingerprint density at radius 1 is 1.26 bits per heavy atom. The van der Waals surface area contributed by atoms with Gasteiger partial charge in [-0.25, -0.2) is 0 Å². The van der Waals surface area contributed by atoms with E-state index in [0.717, 1.165) is 18.5 Å². The summed E-state index contributed by atoms with van der Waals surface area (Å²) in [6.45, 7) is 10.7. The summed E-state index contributed by atoms with van der Waals surface area (Å²) in [6.07, 6.45) is 6.78. The van der Waals surface area contributed by atoms with E-state index in [1.54, 1.807) is 0 Å². The first-order valence-electron chi connectivity index (χ1n) is 8.19. The zero-order chi connectivity index (χ0) is 14.1. The molecule has 3 heteroatoms. The van der Waals surface area contributed by atoms with Crippen LogP contribution in [-0.4, -0.2) is 62.7 Å². The molecule has 1 atom stereocenters. The molecule has 0 bridgehead atoms. The number of hydrogen-bond acceptors (Lipinski definition) is 3. The van der Waals surface area contributed by atoms with E-state index in [4.69, 9.17) is 0 Å². The highest BCUT2D eigenvalue weighted by Gasteiger charge is 2.20. The number of rotatable bonds is 9. The molecule has 0 amide bonds. The average molecular weight is 269 g/mol. The van der Waals surface area contributed by atoms with E-state index in [0.29, 0.717) is 0 Å². The first-order chi connectivity index (χ1) is 9.09. The molecule has 114 valence electrons. The summed E-state index contributed by atoms with van der Waals surface area (Å²) in [6, 6.07) is 0.790. The predicted molar refractivity (Wildman–Crippen MR) is 84.7 cm³/mol. The summed E-state index contributed by atoms with van der Waals surface area (Å²) >= 11 is 0. The first kappa shape index (κ1) is 16.9. The van der Waals surface area contributed by atoms with E-state index >= 15 is 0 Å². The molecule has 0 radical (unpaired) electrons. The number of hydrogen-bond donors (Lipinski definition) is 1. The fourth-order valence-electron chi connectivity index (χ4n) is 2.86. The second kappa shape index (κ2) is 9.73. The van der Waals surface area contributed by atoms with Crippen LogP contribution in [0, 0.1) is 5.92 Å². The molecule has 0 aliphatic carbocycles. The molecule has 1 rings (SSSR count). The van der Waals surface area contributed by atoms with Crippen molar-refractivity contribution in [1.82, 2.24) is 15.1 Å². The summed E-state index contributed by atoms with van der Waals surface area (Å²) in [5, 5.41) is 3.52. The molecule has 19 heavy (non-hydrogen) atoms. The lowest BCUT2D eigenvalue weighted by atomic mass is 10.0. The summed E-state index contributed by atoms with van der Waals surface area (Å²) in [4.78, 5) is 5.05. The van der Waals surface area contributed by atoms with Crippen LogP contribution in [0.2, 0.25) is 0 Å². The van der Waals surface area contributed by atoms with Crippen molar-refractivity contribution >= 4 is 0 Å². The molecule has 1 saturated heterocycles. The molecule has 1 heterocycles. The van der Waals surface area contributed by atoms with E-state index in [2.05, 4.69) is 43.1 Å². The van der Waals surface area contributed by atoms with Gasteiger partial charge in [-0.3, -0.25) is 0 Å². The van der Waals surface area contributed by atoms with Crippen LogP contribution in [-0.2, 0) is 0 Å². The smallest absolute Gasteiger partial charge is 0.0220 e. The largest absolute Gasteiger partial charge is 0.316 e. The minimum atomic E-state index is 0.773. The van der Waals surface area contributed by atoms with Crippen molar-refractivity contribution < 1.29 is 0 Å². The molecule has 0 aromatic rings. The lowest BCUT2D eigenvalue weighted by molar-refractivity contribution is 0.133. The van der Waals surface area contributed by atoms with E-state index in [1.807, 2.05) is 0 Å². The molecule has 1 fully saturated rings. The van der Waals surface area contributed by atoms with Gasteiger partial charge in [-0.1, -0.05) is 20.3 Å². The molecule has 0 saturated carbocycles. The molecule has 1 aliphatic rings. The number of nitrogens with one attached hydrogen (secondary N) is 1. The van der Waals surface area contributed by atoms with Crippen LogP contribution >= 0.6 is 0 Å². The second-order valence-corrected chi connectivity index (χ2v) is 6.70. The maximum Gasteiger partial charge on any atom is 0.0220 e. The Labute approximate surface area is 120 Å². The van der Waals surface area contributed by atoms with Crippen LogP contribution in [0.5, 0.6) is 0 Å². The van der Waals surface area contributed by atoms with Crippen molar-refractivity contribution in [1.29, 1.82) is 0 Å². The van der Waals surface area contributed by atoms with Gasteiger partial charge in [-0.15, -0.1) is 0 Å². The van der Waals surface area contributed by atoms with Gasteiger partial charge in [0, 0.05) is 12.6 Å². The number of likely N-dealkylation sites (tertiary alicyclic amines) is 1. The Balaban J connectivity index is 1.96. The second-order valence-electron chi connectivity index (χ2n) is 6.70. The highest BCUT2D eigenvalue weighted by molar-refractivity contribution is 4.77. The summed E-state index contributed by atoms with van der Waals surface area (Å²) in [5.74, 6) is 0.773. The fourth-order valence-corrected chi connectivity index (χ4v) is 2.86. The lowest BCUT2D eigenvalue weighted by Crippen LogP contribution is -2.45. The number of unbranched alkanes of at least 4 members (excludes halogenated alkanes) is 2. The zero-order valence-electron chi connectivity index (χ0n) is 13.6. The maximum absolute atomic E-state index is 3.52. The van der Waals surface area contributed by atoms with Gasteiger partial charge in [0.25, 0.3) is 0 Å². The topological polar surface area (TPSA) is 18.5 Å². The molecule has 3 nitrogen and oxygen atoms in total. The number of likely N-dealkylation sites (N-methyl/N-ethyl adjacent to an activating group) is 2. The summed E-state index contributed by atoms with van der Waals surface area (Å²) in [7, 11) is 4.56. The minimum absolute atomic E-state index is 0.773. The van der Waals surface area contributed by atoms with Gasteiger partial charge in [0.2, 0.25) is 0 Å². The number of nitrogens with zero attached hydrogens (tertiary/aromatic N) is 2. The summed E-state index contributed by atoms with van der Waals surface area (Å²) in [5.41, 5.74) is 0. The predicted octanol–water partition coefficient (Wildman–Crippen LogP) is 2.43. The molecule has 1 unspecified atom stereocenters. The van der Waals surface area contributed by atoms with Crippen molar-refractivity contribution in [2.24, 2.45) is 5.92 Å². The Kier molecular flexibility index (Phi) is 8.67. The van der Waals surface area contributed by atoms with Crippen LogP contribution in [0.4, 0.5) is 0 Å². The Bertz CT molecular complexity index is 218. The van der Waals surface area contributed by atoms with E-state index in [-0.39, 0.29) is 0 Å². The quantitative estimate of drug-likeness (QED) is 0.649. The van der Waals surface area contributed by atoms with E-state index < -0.39 is 0 Å². The van der Waals surface area contributed by atoms with Crippen molar-refractivity contribution in [3.8, 4) is 0 Å². The molecule has 0 aromatic heterocycles. The van der Waals surface area contributed by atoms with E-state index in [1.165, 1.54) is 58.3 Å². The monoisotopic (exact) mass is 269 g/mol. The minimum Gasteiger partial charge on any atom is -0.316 e. The third-order valence-electron chi connectivity index (χ3n) is 4.14. The van der Waals surface area contributed by atoms with Crippen molar-refractivity contribution in [3.05, 3.63) is 0 Å². The highest BCUT2D eigenvalue weighted by atomic mass is 15.2. The standard InChI is InChI=1S/C16H35N3/c1-15(2)13-17-10-6-5-7-12-19(4)16-9-8-11-18(3)14-16/h15-17H,5-14H2,1-4H3.